The van der Waals surface area contributed by atoms with Gasteiger partial charge < -0.3 is 9.47 Å². The van der Waals surface area contributed by atoms with Crippen molar-refractivity contribution < 1.29 is 22.1 Å². The minimum atomic E-state index is -3.94. The molecule has 0 N–H and O–H groups in total. The summed E-state index contributed by atoms with van der Waals surface area (Å²) in [6.07, 6.45) is 2.39. The smallest absolute Gasteiger partial charge is 0.297 e. The fourth-order valence-electron chi connectivity index (χ4n) is 3.20. The molecule has 2 heterocycles. The highest BCUT2D eigenvalue weighted by Gasteiger charge is 2.46. The lowest BCUT2D eigenvalue weighted by molar-refractivity contribution is -0.192. The predicted octanol–water partition coefficient (Wildman–Crippen LogP) is 3.57. The van der Waals surface area contributed by atoms with Gasteiger partial charge in [-0.25, -0.2) is 0 Å². The maximum Gasteiger partial charge on any atom is 0.297 e. The highest BCUT2D eigenvalue weighted by Crippen LogP contribution is 2.40. The first-order valence-electron chi connectivity index (χ1n) is 9.35. The van der Waals surface area contributed by atoms with E-state index in [1.807, 2.05) is 6.92 Å². The number of hydrogen-bond acceptors (Lipinski definition) is 7. The standard InChI is InChI=1S/C20H19Cl2N3O5S/c1-14-2-5-17(6-3-14)31(26,27)29-12-16-11-28-20(30-16,13-25-23-8-9-24-25)18-7-4-15(21)10-19(18)22/h2-10,16H,11-13H2,1H3/t16-,20+/m1/s1. The van der Waals surface area contributed by atoms with Gasteiger partial charge in [0.25, 0.3) is 10.1 Å². The fraction of sp³-hybridized carbons (Fsp3) is 0.300. The number of halogens is 2. The summed E-state index contributed by atoms with van der Waals surface area (Å²) in [5.74, 6) is -1.33. The van der Waals surface area contributed by atoms with Crippen LogP contribution < -0.4 is 0 Å². The van der Waals surface area contributed by atoms with Crippen LogP contribution in [-0.2, 0) is 36.1 Å². The molecule has 31 heavy (non-hydrogen) atoms. The van der Waals surface area contributed by atoms with Crippen molar-refractivity contribution in [2.75, 3.05) is 13.2 Å². The molecule has 0 bridgehead atoms. The van der Waals surface area contributed by atoms with Gasteiger partial charge in [0, 0.05) is 10.6 Å². The lowest BCUT2D eigenvalue weighted by atomic mass is 10.1. The third-order valence-electron chi connectivity index (χ3n) is 4.74. The Hall–Kier alpha value is -2.01. The molecule has 1 aliphatic heterocycles. The highest BCUT2D eigenvalue weighted by molar-refractivity contribution is 7.86. The van der Waals surface area contributed by atoms with E-state index >= 15 is 0 Å². The Labute approximate surface area is 189 Å². The number of aromatic nitrogens is 3. The van der Waals surface area contributed by atoms with Crippen LogP contribution in [0.5, 0.6) is 0 Å². The van der Waals surface area contributed by atoms with Crippen molar-refractivity contribution >= 4 is 33.3 Å². The third kappa shape index (κ3) is 4.92. The van der Waals surface area contributed by atoms with Gasteiger partial charge in [-0.05, 0) is 31.2 Å². The summed E-state index contributed by atoms with van der Waals surface area (Å²) in [4.78, 5) is 1.47. The molecule has 0 aliphatic carbocycles. The second kappa shape index (κ2) is 8.85. The van der Waals surface area contributed by atoms with Gasteiger partial charge >= 0.3 is 0 Å². The largest absolute Gasteiger partial charge is 0.341 e. The van der Waals surface area contributed by atoms with Crippen molar-refractivity contribution in [3.63, 3.8) is 0 Å². The van der Waals surface area contributed by atoms with E-state index in [0.29, 0.717) is 15.6 Å². The number of hydrogen-bond donors (Lipinski definition) is 0. The van der Waals surface area contributed by atoms with Gasteiger partial charge in [0.1, 0.15) is 12.6 Å². The minimum absolute atomic E-state index is 0.0739. The Bertz CT molecular complexity index is 1160. The zero-order chi connectivity index (χ0) is 22.1. The van der Waals surface area contributed by atoms with E-state index in [4.69, 9.17) is 36.9 Å². The molecule has 164 valence electrons. The molecule has 4 rings (SSSR count). The summed E-state index contributed by atoms with van der Waals surface area (Å²) in [7, 11) is -3.94. The first kappa shape index (κ1) is 22.2. The predicted molar refractivity (Wildman–Crippen MR) is 113 cm³/mol. The van der Waals surface area contributed by atoms with Gasteiger partial charge in [-0.15, -0.1) is 0 Å². The lowest BCUT2D eigenvalue weighted by Crippen LogP contribution is -2.35. The van der Waals surface area contributed by atoms with Gasteiger partial charge in [-0.2, -0.15) is 23.4 Å². The zero-order valence-corrected chi connectivity index (χ0v) is 18.8. The normalized spacial score (nSPS) is 21.5. The van der Waals surface area contributed by atoms with Crippen molar-refractivity contribution in [3.8, 4) is 0 Å². The number of rotatable bonds is 7. The lowest BCUT2D eigenvalue weighted by Gasteiger charge is -2.29. The molecule has 8 nitrogen and oxygen atoms in total. The molecule has 0 amide bonds. The van der Waals surface area contributed by atoms with Crippen molar-refractivity contribution in [1.82, 2.24) is 15.0 Å². The van der Waals surface area contributed by atoms with E-state index in [1.54, 1.807) is 30.3 Å². The van der Waals surface area contributed by atoms with E-state index in [1.165, 1.54) is 29.3 Å². The Balaban J connectivity index is 1.53. The van der Waals surface area contributed by atoms with Crippen LogP contribution in [0.3, 0.4) is 0 Å². The molecule has 2 aromatic carbocycles. The van der Waals surface area contributed by atoms with E-state index in [9.17, 15) is 8.42 Å². The van der Waals surface area contributed by atoms with E-state index < -0.39 is 22.0 Å². The molecule has 11 heteroatoms. The third-order valence-corrected chi connectivity index (χ3v) is 6.58. The number of ether oxygens (including phenoxy) is 2. The van der Waals surface area contributed by atoms with Crippen molar-refractivity contribution in [3.05, 3.63) is 76.0 Å². The molecule has 0 spiro atoms. The molecule has 1 aliphatic rings. The van der Waals surface area contributed by atoms with Crippen LogP contribution in [0.25, 0.3) is 0 Å². The van der Waals surface area contributed by atoms with E-state index in [-0.39, 0.29) is 24.7 Å². The molecule has 2 atom stereocenters. The summed E-state index contributed by atoms with van der Waals surface area (Å²) in [6.45, 7) is 1.83. The van der Waals surface area contributed by atoms with E-state index in [2.05, 4.69) is 10.2 Å². The Kier molecular flexibility index (Phi) is 6.34. The molecule has 1 aromatic heterocycles. The molecule has 0 unspecified atom stereocenters. The van der Waals surface area contributed by atoms with Crippen LogP contribution in [0.1, 0.15) is 11.1 Å². The summed E-state index contributed by atoms with van der Waals surface area (Å²) in [6, 6.07) is 11.3. The second-order valence-corrected chi connectivity index (χ2v) is 9.50. The average molecular weight is 484 g/mol. The van der Waals surface area contributed by atoms with Crippen LogP contribution in [0.15, 0.2) is 59.8 Å². The second-order valence-electron chi connectivity index (χ2n) is 7.04. The highest BCUT2D eigenvalue weighted by atomic mass is 35.5. The summed E-state index contributed by atoms with van der Waals surface area (Å²) in [5, 5.41) is 9.01. The SMILES string of the molecule is Cc1ccc(S(=O)(=O)OC[C@H]2CO[C@](Cn3nccn3)(c3ccc(Cl)cc3Cl)O2)cc1. The molecule has 3 aromatic rings. The molecular formula is C20H19Cl2N3O5S. The maximum atomic E-state index is 12.5. The van der Waals surface area contributed by atoms with Gasteiger partial charge in [-0.3, -0.25) is 4.18 Å². The topological polar surface area (TPSA) is 92.5 Å². The van der Waals surface area contributed by atoms with Crippen LogP contribution in [0, 0.1) is 6.92 Å². The maximum absolute atomic E-state index is 12.5. The van der Waals surface area contributed by atoms with Gasteiger partial charge in [0.2, 0.25) is 5.79 Å². The van der Waals surface area contributed by atoms with E-state index in [0.717, 1.165) is 5.56 Å². The van der Waals surface area contributed by atoms with Crippen molar-refractivity contribution in [2.45, 2.75) is 30.3 Å². The van der Waals surface area contributed by atoms with Gasteiger partial charge in [0.15, 0.2) is 0 Å². The van der Waals surface area contributed by atoms with Crippen LogP contribution >= 0.6 is 23.2 Å². The molecule has 0 saturated carbocycles. The molecular weight excluding hydrogens is 465 g/mol. The Morgan fingerprint density at radius 1 is 1.16 bits per heavy atom. The quantitative estimate of drug-likeness (QED) is 0.474. The monoisotopic (exact) mass is 483 g/mol. The first-order chi connectivity index (χ1) is 14.8. The first-order valence-corrected chi connectivity index (χ1v) is 11.5. The molecule has 1 fully saturated rings. The van der Waals surface area contributed by atoms with Crippen LogP contribution in [-0.4, -0.2) is 42.7 Å². The number of aryl methyl sites for hydroxylation is 1. The Morgan fingerprint density at radius 2 is 1.87 bits per heavy atom. The fourth-order valence-corrected chi connectivity index (χ4v) is 4.69. The number of nitrogens with zero attached hydrogens (tertiary/aromatic N) is 3. The molecule has 1 saturated heterocycles. The number of benzene rings is 2. The van der Waals surface area contributed by atoms with Gasteiger partial charge in [0.05, 0.1) is 35.5 Å². The van der Waals surface area contributed by atoms with Crippen LogP contribution in [0.4, 0.5) is 0 Å². The summed E-state index contributed by atoms with van der Waals surface area (Å²) in [5.41, 5.74) is 1.48. The van der Waals surface area contributed by atoms with Crippen molar-refractivity contribution in [1.29, 1.82) is 0 Å². The molecule has 0 radical (unpaired) electrons. The summed E-state index contributed by atoms with van der Waals surface area (Å²) >= 11 is 12.4. The minimum Gasteiger partial charge on any atom is -0.341 e. The van der Waals surface area contributed by atoms with Crippen molar-refractivity contribution in [2.24, 2.45) is 0 Å². The average Bonchev–Trinajstić information content (AvgIpc) is 3.38. The van der Waals surface area contributed by atoms with Crippen LogP contribution in [0.2, 0.25) is 10.0 Å². The Morgan fingerprint density at radius 3 is 2.55 bits per heavy atom. The van der Waals surface area contributed by atoms with Gasteiger partial charge in [-0.1, -0.05) is 47.0 Å². The summed E-state index contributed by atoms with van der Waals surface area (Å²) < 4.78 is 42.4. The zero-order valence-electron chi connectivity index (χ0n) is 16.4.